The fraction of sp³-hybridized carbons (Fsp3) is 0.625. The van der Waals surface area contributed by atoms with Crippen LogP contribution in [0, 0.1) is 0 Å². The summed E-state index contributed by atoms with van der Waals surface area (Å²) in [5.74, 6) is -1.90. The number of aliphatic hydroxyl groups is 1. The molecule has 0 aromatic heterocycles. The standard InChI is InChI=1S/C24H27NO9/c1-9-18(27)13(25(3)4)7-14(31-9)11-5-6-12-17(19(11)28)21(30)23-10(2)32-15-8-16(26)33-22(15)24(23,34-23)20(12)29/h5-6,9-10,13-15,18,22,27-28H,7-8H2,1-4H3/t9-,10?,13-,14-,15?,18-,22?,23?,24?/m1/s1. The van der Waals surface area contributed by atoms with E-state index in [4.69, 9.17) is 18.9 Å². The maximum atomic E-state index is 13.8. The fourth-order valence-corrected chi connectivity index (χ4v) is 6.44. The van der Waals surface area contributed by atoms with E-state index in [1.807, 2.05) is 19.0 Å². The number of Topliss-reactive ketones (excluding diaryl/α,β-unsaturated/α-hetero) is 2. The maximum absolute atomic E-state index is 13.8. The number of ketones is 2. The van der Waals surface area contributed by atoms with Crippen molar-refractivity contribution in [3.63, 3.8) is 0 Å². The quantitative estimate of drug-likeness (QED) is 0.462. The Kier molecular flexibility index (Phi) is 4.46. The Morgan fingerprint density at radius 3 is 2.50 bits per heavy atom. The summed E-state index contributed by atoms with van der Waals surface area (Å²) in [4.78, 5) is 41.4. The van der Waals surface area contributed by atoms with Crippen LogP contribution in [-0.2, 0) is 23.7 Å². The number of hydrogen-bond acceptors (Lipinski definition) is 10. The van der Waals surface area contributed by atoms with E-state index in [1.54, 1.807) is 19.9 Å². The monoisotopic (exact) mass is 473 g/mol. The lowest BCUT2D eigenvalue weighted by Gasteiger charge is -2.42. The van der Waals surface area contributed by atoms with Crippen LogP contribution in [0.1, 0.15) is 59.1 Å². The molecule has 182 valence electrons. The normalized spacial score (nSPS) is 44.8. The largest absolute Gasteiger partial charge is 0.507 e. The molecule has 9 atom stereocenters. The van der Waals surface area contributed by atoms with Crippen molar-refractivity contribution in [2.24, 2.45) is 0 Å². The number of fused-ring (bicyclic) bond motifs is 2. The summed E-state index contributed by atoms with van der Waals surface area (Å²) in [5, 5.41) is 21.8. The minimum Gasteiger partial charge on any atom is -0.507 e. The van der Waals surface area contributed by atoms with Crippen LogP contribution in [0.2, 0.25) is 0 Å². The molecular weight excluding hydrogens is 446 g/mol. The van der Waals surface area contributed by atoms with Crippen molar-refractivity contribution in [2.75, 3.05) is 14.1 Å². The smallest absolute Gasteiger partial charge is 0.309 e. The zero-order valence-electron chi connectivity index (χ0n) is 19.3. The lowest BCUT2D eigenvalue weighted by atomic mass is 9.66. The molecule has 4 fully saturated rings. The topological polar surface area (TPSA) is 135 Å². The summed E-state index contributed by atoms with van der Waals surface area (Å²) in [6.45, 7) is 3.38. The second-order valence-electron chi connectivity index (χ2n) is 10.2. The van der Waals surface area contributed by atoms with Crippen molar-refractivity contribution in [1.29, 1.82) is 0 Å². The van der Waals surface area contributed by atoms with E-state index in [-0.39, 0.29) is 29.3 Å². The van der Waals surface area contributed by atoms with Crippen LogP contribution in [0.3, 0.4) is 0 Å². The van der Waals surface area contributed by atoms with Gasteiger partial charge in [0.2, 0.25) is 17.2 Å². The van der Waals surface area contributed by atoms with Crippen molar-refractivity contribution in [2.45, 2.75) is 80.6 Å². The van der Waals surface area contributed by atoms with Crippen molar-refractivity contribution in [3.05, 3.63) is 28.8 Å². The number of carbonyl (C=O) groups is 3. The Labute approximate surface area is 195 Å². The summed E-state index contributed by atoms with van der Waals surface area (Å²) in [7, 11) is 3.71. The molecule has 4 aliphatic heterocycles. The first-order valence-electron chi connectivity index (χ1n) is 11.5. The molecule has 5 unspecified atom stereocenters. The van der Waals surface area contributed by atoms with Crippen molar-refractivity contribution in [3.8, 4) is 5.75 Å². The van der Waals surface area contributed by atoms with E-state index in [0.29, 0.717) is 12.0 Å². The van der Waals surface area contributed by atoms with E-state index in [1.165, 1.54) is 6.07 Å². The number of esters is 1. The summed E-state index contributed by atoms with van der Waals surface area (Å²) in [6.07, 6.45) is -3.92. The molecule has 5 aliphatic rings. The number of carbonyl (C=O) groups excluding carboxylic acids is 3. The summed E-state index contributed by atoms with van der Waals surface area (Å²) < 4.78 is 23.2. The van der Waals surface area contributed by atoms with Crippen LogP contribution in [0.25, 0.3) is 0 Å². The summed E-state index contributed by atoms with van der Waals surface area (Å²) in [6, 6.07) is 2.86. The average Bonchev–Trinajstić information content (AvgIpc) is 3.39. The first-order chi connectivity index (χ1) is 16.0. The number of nitrogens with zero attached hydrogens (tertiary/aromatic N) is 1. The number of aromatic hydroxyl groups is 1. The number of aliphatic hydroxyl groups excluding tert-OH is 1. The van der Waals surface area contributed by atoms with Gasteiger partial charge in [-0.05, 0) is 40.4 Å². The van der Waals surface area contributed by atoms with Gasteiger partial charge >= 0.3 is 5.97 Å². The molecule has 4 heterocycles. The second-order valence-corrected chi connectivity index (χ2v) is 10.2. The summed E-state index contributed by atoms with van der Waals surface area (Å²) >= 11 is 0. The molecular formula is C24H27NO9. The van der Waals surface area contributed by atoms with Crippen LogP contribution in [-0.4, -0.2) is 94.5 Å². The second kappa shape index (κ2) is 6.86. The number of benzene rings is 1. The highest BCUT2D eigenvalue weighted by Crippen LogP contribution is 2.65. The number of ether oxygens (including phenoxy) is 4. The molecule has 6 rings (SSSR count). The molecule has 10 nitrogen and oxygen atoms in total. The number of rotatable bonds is 2. The lowest BCUT2D eigenvalue weighted by Crippen LogP contribution is -2.63. The Hall–Kier alpha value is -2.37. The van der Waals surface area contributed by atoms with E-state index in [0.717, 1.165) is 0 Å². The maximum Gasteiger partial charge on any atom is 0.309 e. The van der Waals surface area contributed by atoms with Crippen LogP contribution in [0.15, 0.2) is 12.1 Å². The molecule has 1 aromatic rings. The third kappa shape index (κ3) is 2.45. The van der Waals surface area contributed by atoms with E-state index in [9.17, 15) is 24.6 Å². The SMILES string of the molecule is CC1OC2CC(=O)OC2C23OC12C(=O)c1c(ccc([C@H]2C[C@@H](N(C)C)[C@H](O)[C@@H](C)O2)c1O)C3=O. The van der Waals surface area contributed by atoms with Gasteiger partial charge in [-0.1, -0.05) is 6.07 Å². The van der Waals surface area contributed by atoms with Crippen molar-refractivity contribution < 1.29 is 43.5 Å². The van der Waals surface area contributed by atoms with Crippen LogP contribution < -0.4 is 0 Å². The van der Waals surface area contributed by atoms with Crippen molar-refractivity contribution in [1.82, 2.24) is 4.90 Å². The van der Waals surface area contributed by atoms with Crippen LogP contribution in [0.5, 0.6) is 5.75 Å². The molecule has 10 heteroatoms. The predicted octanol–water partition coefficient (Wildman–Crippen LogP) is 0.523. The fourth-order valence-electron chi connectivity index (χ4n) is 6.44. The van der Waals surface area contributed by atoms with E-state index >= 15 is 0 Å². The Bertz CT molecular complexity index is 1130. The molecule has 0 radical (unpaired) electrons. The van der Waals surface area contributed by atoms with E-state index < -0.39 is 65.4 Å². The van der Waals surface area contributed by atoms with Gasteiger partial charge in [-0.15, -0.1) is 0 Å². The highest BCUT2D eigenvalue weighted by Gasteiger charge is 2.90. The zero-order valence-corrected chi connectivity index (χ0v) is 19.3. The molecule has 1 aliphatic carbocycles. The van der Waals surface area contributed by atoms with Crippen LogP contribution in [0.4, 0.5) is 0 Å². The number of phenolic OH excluding ortho intramolecular Hbond substituents is 1. The minimum atomic E-state index is -1.65. The third-order valence-electron chi connectivity index (χ3n) is 8.22. The summed E-state index contributed by atoms with van der Waals surface area (Å²) in [5.41, 5.74) is -3.01. The average molecular weight is 473 g/mol. The zero-order chi connectivity index (χ0) is 24.3. The molecule has 0 saturated carbocycles. The molecule has 4 saturated heterocycles. The Morgan fingerprint density at radius 2 is 1.79 bits per heavy atom. The minimum absolute atomic E-state index is 0.00912. The van der Waals surface area contributed by atoms with Gasteiger partial charge in [0.1, 0.15) is 11.9 Å². The first kappa shape index (κ1) is 22.1. The van der Waals surface area contributed by atoms with Crippen molar-refractivity contribution >= 4 is 17.5 Å². The van der Waals surface area contributed by atoms with Gasteiger partial charge in [-0.2, -0.15) is 0 Å². The first-order valence-corrected chi connectivity index (χ1v) is 11.5. The Morgan fingerprint density at radius 1 is 1.06 bits per heavy atom. The lowest BCUT2D eigenvalue weighted by molar-refractivity contribution is -0.146. The van der Waals surface area contributed by atoms with Gasteiger partial charge in [0.25, 0.3) is 0 Å². The van der Waals surface area contributed by atoms with Gasteiger partial charge < -0.3 is 34.1 Å². The molecule has 0 spiro atoms. The Balaban J connectivity index is 1.43. The highest BCUT2D eigenvalue weighted by molar-refractivity contribution is 6.27. The predicted molar refractivity (Wildman–Crippen MR) is 114 cm³/mol. The number of hydrogen-bond donors (Lipinski definition) is 2. The number of likely N-dealkylation sites (N-methyl/N-ethyl adjacent to an activating group) is 1. The number of phenols is 1. The molecule has 0 bridgehead atoms. The number of epoxide rings is 1. The molecule has 2 N–H and O–H groups in total. The van der Waals surface area contributed by atoms with E-state index in [2.05, 4.69) is 0 Å². The van der Waals surface area contributed by atoms with Gasteiger partial charge in [-0.3, -0.25) is 14.4 Å². The van der Waals surface area contributed by atoms with Gasteiger partial charge in [-0.25, -0.2) is 0 Å². The molecule has 0 amide bonds. The van der Waals surface area contributed by atoms with Gasteiger partial charge in [0.15, 0.2) is 11.7 Å². The molecule has 1 aromatic carbocycles. The third-order valence-corrected chi connectivity index (χ3v) is 8.22. The molecule has 34 heavy (non-hydrogen) atoms. The highest BCUT2D eigenvalue weighted by atomic mass is 16.7. The van der Waals surface area contributed by atoms with Gasteiger partial charge in [0, 0.05) is 17.2 Å². The van der Waals surface area contributed by atoms with Gasteiger partial charge in [0.05, 0.1) is 36.4 Å². The van der Waals surface area contributed by atoms with Crippen LogP contribution >= 0.6 is 0 Å².